The second-order valence-electron chi connectivity index (χ2n) is 4.80. The number of thioether (sulfide) groups is 1. The predicted molar refractivity (Wildman–Crippen MR) is 78.1 cm³/mol. The van der Waals surface area contributed by atoms with Crippen LogP contribution in [0.15, 0.2) is 29.2 Å². The van der Waals surface area contributed by atoms with Crippen LogP contribution < -0.4 is 5.32 Å². The summed E-state index contributed by atoms with van der Waals surface area (Å²) in [7, 11) is 0. The highest BCUT2D eigenvalue weighted by molar-refractivity contribution is 7.98. The van der Waals surface area contributed by atoms with Crippen molar-refractivity contribution >= 4 is 11.8 Å². The van der Waals surface area contributed by atoms with Gasteiger partial charge in [-0.25, -0.2) is 0 Å². The molecule has 0 amide bonds. The summed E-state index contributed by atoms with van der Waals surface area (Å²) in [5.74, 6) is 0. The topological polar surface area (TPSA) is 21.3 Å². The van der Waals surface area contributed by atoms with Crippen molar-refractivity contribution < 1.29 is 4.74 Å². The van der Waals surface area contributed by atoms with Crippen LogP contribution in [0, 0.1) is 0 Å². The number of hydrogen-bond donors (Lipinski definition) is 1. The van der Waals surface area contributed by atoms with Crippen molar-refractivity contribution in [3.63, 3.8) is 0 Å². The van der Waals surface area contributed by atoms with Crippen molar-refractivity contribution in [2.45, 2.75) is 43.2 Å². The van der Waals surface area contributed by atoms with E-state index < -0.39 is 0 Å². The third-order valence-electron chi connectivity index (χ3n) is 3.42. The fourth-order valence-corrected chi connectivity index (χ4v) is 2.74. The number of ether oxygens (including phenoxy) is 1. The highest BCUT2D eigenvalue weighted by Gasteiger charge is 2.14. The van der Waals surface area contributed by atoms with Gasteiger partial charge < -0.3 is 10.1 Å². The third-order valence-corrected chi connectivity index (χ3v) is 4.17. The van der Waals surface area contributed by atoms with Crippen LogP contribution in [-0.2, 0) is 11.3 Å². The summed E-state index contributed by atoms with van der Waals surface area (Å²) in [6.45, 7) is 2.72. The molecule has 1 N–H and O–H groups in total. The molecule has 1 aromatic rings. The van der Waals surface area contributed by atoms with E-state index in [1.807, 2.05) is 0 Å². The maximum absolute atomic E-state index is 5.81. The average molecular weight is 265 g/mol. The number of hydrogen-bond acceptors (Lipinski definition) is 3. The summed E-state index contributed by atoms with van der Waals surface area (Å²) >= 11 is 1.78. The zero-order valence-electron chi connectivity index (χ0n) is 11.2. The van der Waals surface area contributed by atoms with Gasteiger partial charge in [0, 0.05) is 18.0 Å². The molecule has 100 valence electrons. The van der Waals surface area contributed by atoms with Gasteiger partial charge in [0.05, 0.1) is 12.7 Å². The lowest BCUT2D eigenvalue weighted by Gasteiger charge is -2.11. The van der Waals surface area contributed by atoms with Gasteiger partial charge in [0.1, 0.15) is 0 Å². The fraction of sp³-hybridized carbons (Fsp3) is 0.600. The summed E-state index contributed by atoms with van der Waals surface area (Å²) in [5.41, 5.74) is 1.34. The Bertz CT molecular complexity index is 333. The Morgan fingerprint density at radius 1 is 1.22 bits per heavy atom. The first-order chi connectivity index (χ1) is 8.88. The maximum Gasteiger partial charge on any atom is 0.0594 e. The van der Waals surface area contributed by atoms with E-state index >= 15 is 0 Å². The highest BCUT2D eigenvalue weighted by atomic mass is 32.2. The summed E-state index contributed by atoms with van der Waals surface area (Å²) in [4.78, 5) is 1.32. The standard InChI is InChI=1S/C15H23NOS/c1-18-15-8-6-13(7-9-15)12-16-10-11-17-14-4-2-3-5-14/h6-9,14,16H,2-5,10-12H2,1H3. The molecule has 0 radical (unpaired) electrons. The lowest BCUT2D eigenvalue weighted by molar-refractivity contribution is 0.0603. The van der Waals surface area contributed by atoms with Gasteiger partial charge in [-0.3, -0.25) is 0 Å². The molecule has 0 unspecified atom stereocenters. The quantitative estimate of drug-likeness (QED) is 0.602. The normalized spacial score (nSPS) is 16.3. The van der Waals surface area contributed by atoms with Crippen LogP contribution in [0.4, 0.5) is 0 Å². The molecular weight excluding hydrogens is 242 g/mol. The Balaban J connectivity index is 1.56. The van der Waals surface area contributed by atoms with E-state index in [1.165, 1.54) is 36.1 Å². The SMILES string of the molecule is CSc1ccc(CNCCOC2CCCC2)cc1. The minimum Gasteiger partial charge on any atom is -0.377 e. The van der Waals surface area contributed by atoms with Crippen LogP contribution in [0.2, 0.25) is 0 Å². The Hall–Kier alpha value is -0.510. The molecule has 0 spiro atoms. The highest BCUT2D eigenvalue weighted by Crippen LogP contribution is 2.20. The van der Waals surface area contributed by atoms with Gasteiger partial charge in [-0.1, -0.05) is 25.0 Å². The summed E-state index contributed by atoms with van der Waals surface area (Å²) in [5, 5.41) is 3.43. The van der Waals surface area contributed by atoms with Crippen molar-refractivity contribution in [3.05, 3.63) is 29.8 Å². The van der Waals surface area contributed by atoms with Crippen molar-refractivity contribution in [1.29, 1.82) is 0 Å². The minimum absolute atomic E-state index is 0.535. The van der Waals surface area contributed by atoms with Crippen molar-refractivity contribution in [3.8, 4) is 0 Å². The van der Waals surface area contributed by atoms with Gasteiger partial charge in [-0.15, -0.1) is 11.8 Å². The molecule has 18 heavy (non-hydrogen) atoms. The zero-order chi connectivity index (χ0) is 12.6. The molecule has 1 aliphatic carbocycles. The first kappa shape index (κ1) is 13.9. The molecule has 2 nitrogen and oxygen atoms in total. The van der Waals surface area contributed by atoms with Crippen LogP contribution in [0.3, 0.4) is 0 Å². The zero-order valence-corrected chi connectivity index (χ0v) is 12.0. The van der Waals surface area contributed by atoms with Crippen molar-refractivity contribution in [1.82, 2.24) is 5.32 Å². The van der Waals surface area contributed by atoms with E-state index in [4.69, 9.17) is 4.74 Å². The van der Waals surface area contributed by atoms with Gasteiger partial charge in [0.25, 0.3) is 0 Å². The predicted octanol–water partition coefficient (Wildman–Crippen LogP) is 3.46. The first-order valence-corrected chi connectivity index (χ1v) is 8.06. The maximum atomic E-state index is 5.81. The van der Waals surface area contributed by atoms with E-state index in [0.717, 1.165) is 19.7 Å². The molecule has 0 aromatic heterocycles. The van der Waals surface area contributed by atoms with E-state index in [1.54, 1.807) is 11.8 Å². The number of rotatable bonds is 7. The Morgan fingerprint density at radius 3 is 2.61 bits per heavy atom. The van der Waals surface area contributed by atoms with Crippen LogP contribution in [0.25, 0.3) is 0 Å². The van der Waals surface area contributed by atoms with Crippen LogP contribution >= 0.6 is 11.8 Å². The summed E-state index contributed by atoms with van der Waals surface area (Å²) < 4.78 is 5.81. The molecule has 0 atom stereocenters. The van der Waals surface area contributed by atoms with E-state index in [9.17, 15) is 0 Å². The third kappa shape index (κ3) is 4.63. The molecule has 1 aliphatic rings. The fourth-order valence-electron chi connectivity index (χ4n) is 2.33. The largest absolute Gasteiger partial charge is 0.377 e. The Labute approximate surface area is 114 Å². The van der Waals surface area contributed by atoms with Gasteiger partial charge in [0.2, 0.25) is 0 Å². The van der Waals surface area contributed by atoms with Gasteiger partial charge in [0.15, 0.2) is 0 Å². The van der Waals surface area contributed by atoms with Crippen LogP contribution in [0.5, 0.6) is 0 Å². The molecule has 1 fully saturated rings. The van der Waals surface area contributed by atoms with E-state index in [0.29, 0.717) is 6.10 Å². The van der Waals surface area contributed by atoms with Crippen molar-refractivity contribution in [2.75, 3.05) is 19.4 Å². The van der Waals surface area contributed by atoms with E-state index in [-0.39, 0.29) is 0 Å². The number of nitrogens with one attached hydrogen (secondary N) is 1. The number of benzene rings is 1. The molecule has 0 bridgehead atoms. The van der Waals surface area contributed by atoms with Gasteiger partial charge in [-0.2, -0.15) is 0 Å². The van der Waals surface area contributed by atoms with Crippen LogP contribution in [0.1, 0.15) is 31.2 Å². The first-order valence-electron chi connectivity index (χ1n) is 6.84. The van der Waals surface area contributed by atoms with Crippen molar-refractivity contribution in [2.24, 2.45) is 0 Å². The average Bonchev–Trinajstić information content (AvgIpc) is 2.92. The lowest BCUT2D eigenvalue weighted by atomic mass is 10.2. The van der Waals surface area contributed by atoms with Gasteiger partial charge in [-0.05, 0) is 36.8 Å². The van der Waals surface area contributed by atoms with E-state index in [2.05, 4.69) is 35.8 Å². The Kier molecular flexibility index (Phi) is 6.05. The van der Waals surface area contributed by atoms with Crippen LogP contribution in [-0.4, -0.2) is 25.5 Å². The molecule has 2 rings (SSSR count). The molecule has 1 aromatic carbocycles. The molecule has 1 saturated carbocycles. The van der Waals surface area contributed by atoms with Gasteiger partial charge >= 0.3 is 0 Å². The second-order valence-corrected chi connectivity index (χ2v) is 5.68. The smallest absolute Gasteiger partial charge is 0.0594 e. The second kappa shape index (κ2) is 7.82. The molecule has 0 heterocycles. The lowest BCUT2D eigenvalue weighted by Crippen LogP contribution is -2.21. The monoisotopic (exact) mass is 265 g/mol. The molecule has 0 saturated heterocycles. The summed E-state index contributed by atoms with van der Waals surface area (Å²) in [6.07, 6.45) is 7.85. The molecular formula is C15H23NOS. The summed E-state index contributed by atoms with van der Waals surface area (Å²) in [6, 6.07) is 8.74. The Morgan fingerprint density at radius 2 is 1.94 bits per heavy atom. The minimum atomic E-state index is 0.535. The molecule has 0 aliphatic heterocycles. The molecule has 3 heteroatoms.